The van der Waals surface area contributed by atoms with Gasteiger partial charge >= 0.3 is 5.97 Å². The fourth-order valence-electron chi connectivity index (χ4n) is 2.42. The van der Waals surface area contributed by atoms with Gasteiger partial charge in [0.05, 0.1) is 4.87 Å². The van der Waals surface area contributed by atoms with Crippen LogP contribution in [0.25, 0.3) is 0 Å². The van der Waals surface area contributed by atoms with Crippen LogP contribution in [0.3, 0.4) is 0 Å². The van der Waals surface area contributed by atoms with E-state index in [9.17, 15) is 15.0 Å². The summed E-state index contributed by atoms with van der Waals surface area (Å²) in [5.74, 6) is -0.237. The summed E-state index contributed by atoms with van der Waals surface area (Å²) in [4.78, 5) is 10.6. The predicted octanol–water partition coefficient (Wildman–Crippen LogP) is 3.18. The molecule has 1 aliphatic rings. The number of halogens is 1. The van der Waals surface area contributed by atoms with Crippen molar-refractivity contribution in [3.05, 3.63) is 28.8 Å². The van der Waals surface area contributed by atoms with Crippen LogP contribution < -0.4 is 5.32 Å². The van der Waals surface area contributed by atoms with Crippen LogP contribution in [0.15, 0.2) is 18.2 Å². The number of aromatic hydroxyl groups is 1. The highest BCUT2D eigenvalue weighted by atomic mass is 35.5. The van der Waals surface area contributed by atoms with Crippen molar-refractivity contribution >= 4 is 29.3 Å². The van der Waals surface area contributed by atoms with E-state index in [1.165, 1.54) is 11.8 Å². The number of unbranched alkanes of at least 4 members (excludes halogenated alkanes) is 1. The van der Waals surface area contributed by atoms with Crippen molar-refractivity contribution < 1.29 is 15.0 Å². The van der Waals surface area contributed by atoms with Gasteiger partial charge in [-0.15, -0.1) is 11.8 Å². The molecule has 20 heavy (non-hydrogen) atoms. The van der Waals surface area contributed by atoms with Crippen molar-refractivity contribution in [3.63, 3.8) is 0 Å². The van der Waals surface area contributed by atoms with E-state index in [1.54, 1.807) is 18.2 Å². The Balaban J connectivity index is 2.37. The van der Waals surface area contributed by atoms with Crippen LogP contribution in [0, 0.1) is 0 Å². The Labute approximate surface area is 127 Å². The van der Waals surface area contributed by atoms with Crippen molar-refractivity contribution in [2.75, 3.05) is 5.75 Å². The lowest BCUT2D eigenvalue weighted by Crippen LogP contribution is -2.43. The van der Waals surface area contributed by atoms with Crippen molar-refractivity contribution in [1.82, 2.24) is 5.32 Å². The first-order valence-electron chi connectivity index (χ1n) is 6.62. The fraction of sp³-hybridized carbons (Fsp3) is 0.500. The van der Waals surface area contributed by atoms with Gasteiger partial charge in [0, 0.05) is 16.3 Å². The standard InChI is InChI=1S/C14H18ClNO3S/c1-2-3-6-14(16-11(8-20-14)13(18)19)10-7-9(15)4-5-12(10)17/h4-5,7,11,16-17H,2-3,6,8H2,1H3,(H,18,19). The molecule has 0 spiro atoms. The molecule has 1 aliphatic heterocycles. The van der Waals surface area contributed by atoms with E-state index in [0.717, 1.165) is 19.3 Å². The number of benzene rings is 1. The average molecular weight is 316 g/mol. The number of nitrogens with one attached hydrogen (secondary N) is 1. The zero-order valence-corrected chi connectivity index (χ0v) is 12.8. The molecule has 0 amide bonds. The van der Waals surface area contributed by atoms with E-state index in [-0.39, 0.29) is 5.75 Å². The van der Waals surface area contributed by atoms with Crippen molar-refractivity contribution in [2.45, 2.75) is 37.1 Å². The molecule has 4 nitrogen and oxygen atoms in total. The minimum Gasteiger partial charge on any atom is -0.508 e. The van der Waals surface area contributed by atoms with Crippen LogP contribution in [-0.4, -0.2) is 28.0 Å². The molecule has 0 aliphatic carbocycles. The summed E-state index contributed by atoms with van der Waals surface area (Å²) in [6.07, 6.45) is 2.70. The van der Waals surface area contributed by atoms with Gasteiger partial charge in [-0.05, 0) is 24.6 Å². The molecule has 1 heterocycles. The minimum absolute atomic E-state index is 0.150. The largest absolute Gasteiger partial charge is 0.508 e. The van der Waals surface area contributed by atoms with Crippen LogP contribution in [0.5, 0.6) is 5.75 Å². The summed E-state index contributed by atoms with van der Waals surface area (Å²) in [6.45, 7) is 2.08. The Morgan fingerprint density at radius 2 is 2.35 bits per heavy atom. The summed E-state index contributed by atoms with van der Waals surface area (Å²) < 4.78 is 0. The average Bonchev–Trinajstić information content (AvgIpc) is 2.85. The quantitative estimate of drug-likeness (QED) is 0.778. The second-order valence-electron chi connectivity index (χ2n) is 4.94. The molecule has 3 N–H and O–H groups in total. The Kier molecular flexibility index (Phi) is 4.83. The lowest BCUT2D eigenvalue weighted by Gasteiger charge is -2.30. The predicted molar refractivity (Wildman–Crippen MR) is 81.3 cm³/mol. The molecule has 2 unspecified atom stereocenters. The van der Waals surface area contributed by atoms with Gasteiger partial charge in [0.15, 0.2) is 0 Å². The number of carbonyl (C=O) groups is 1. The lowest BCUT2D eigenvalue weighted by molar-refractivity contribution is -0.138. The summed E-state index contributed by atoms with van der Waals surface area (Å²) in [5.41, 5.74) is 0.673. The van der Waals surface area contributed by atoms with E-state index in [4.69, 9.17) is 11.6 Å². The van der Waals surface area contributed by atoms with Crippen LogP contribution >= 0.6 is 23.4 Å². The summed E-state index contributed by atoms with van der Waals surface area (Å²) >= 11 is 7.56. The number of rotatable bonds is 5. The summed E-state index contributed by atoms with van der Waals surface area (Å²) in [6, 6.07) is 4.30. The molecule has 1 aromatic carbocycles. The first-order chi connectivity index (χ1) is 9.48. The number of aliphatic carboxylic acids is 1. The second kappa shape index (κ2) is 6.24. The van der Waals surface area contributed by atoms with Gasteiger partial charge < -0.3 is 10.2 Å². The zero-order chi connectivity index (χ0) is 14.8. The normalized spacial score (nSPS) is 25.8. The third kappa shape index (κ3) is 3.05. The Morgan fingerprint density at radius 1 is 1.60 bits per heavy atom. The third-order valence-corrected chi connectivity index (χ3v) is 5.25. The molecule has 0 aromatic heterocycles. The maximum Gasteiger partial charge on any atom is 0.321 e. The SMILES string of the molecule is CCCCC1(c2cc(Cl)ccc2O)NC(C(=O)O)CS1. The van der Waals surface area contributed by atoms with Crippen LogP contribution in [0.2, 0.25) is 5.02 Å². The molecule has 0 bridgehead atoms. The van der Waals surface area contributed by atoms with Gasteiger partial charge in [0.2, 0.25) is 0 Å². The van der Waals surface area contributed by atoms with E-state index < -0.39 is 16.9 Å². The van der Waals surface area contributed by atoms with Gasteiger partial charge in [-0.3, -0.25) is 10.1 Å². The Morgan fingerprint density at radius 3 is 2.95 bits per heavy atom. The number of carboxylic acid groups (broad SMARTS) is 1. The minimum atomic E-state index is -0.864. The fourth-order valence-corrected chi connectivity index (χ4v) is 4.10. The summed E-state index contributed by atoms with van der Waals surface area (Å²) in [7, 11) is 0. The highest BCUT2D eigenvalue weighted by Crippen LogP contribution is 2.47. The first-order valence-corrected chi connectivity index (χ1v) is 7.98. The second-order valence-corrected chi connectivity index (χ2v) is 6.69. The molecule has 0 radical (unpaired) electrons. The monoisotopic (exact) mass is 315 g/mol. The smallest absolute Gasteiger partial charge is 0.321 e. The molecule has 1 fully saturated rings. The van der Waals surface area contributed by atoms with E-state index in [1.807, 2.05) is 0 Å². The maximum atomic E-state index is 11.2. The van der Waals surface area contributed by atoms with Gasteiger partial charge in [-0.25, -0.2) is 0 Å². The highest BCUT2D eigenvalue weighted by molar-refractivity contribution is 8.00. The van der Waals surface area contributed by atoms with Crippen LogP contribution in [0.4, 0.5) is 0 Å². The Bertz CT molecular complexity index is 511. The summed E-state index contributed by atoms with van der Waals surface area (Å²) in [5, 5.41) is 23.0. The first kappa shape index (κ1) is 15.5. The molecular weight excluding hydrogens is 298 g/mol. The molecule has 110 valence electrons. The lowest BCUT2D eigenvalue weighted by atomic mass is 9.98. The number of hydrogen-bond acceptors (Lipinski definition) is 4. The van der Waals surface area contributed by atoms with Crippen molar-refractivity contribution in [2.24, 2.45) is 0 Å². The number of hydrogen-bond donors (Lipinski definition) is 3. The number of carboxylic acids is 1. The van der Waals surface area contributed by atoms with Crippen LogP contribution in [-0.2, 0) is 9.67 Å². The van der Waals surface area contributed by atoms with Crippen molar-refractivity contribution in [3.8, 4) is 5.75 Å². The van der Waals surface area contributed by atoms with E-state index in [0.29, 0.717) is 16.3 Å². The van der Waals surface area contributed by atoms with Gasteiger partial charge in [-0.2, -0.15) is 0 Å². The number of phenols is 1. The molecule has 1 saturated heterocycles. The maximum absolute atomic E-state index is 11.2. The van der Waals surface area contributed by atoms with E-state index >= 15 is 0 Å². The van der Waals surface area contributed by atoms with Crippen LogP contribution in [0.1, 0.15) is 31.7 Å². The number of phenolic OH excluding ortho intramolecular Hbond substituents is 1. The zero-order valence-electron chi connectivity index (χ0n) is 11.2. The van der Waals surface area contributed by atoms with E-state index in [2.05, 4.69) is 12.2 Å². The molecule has 2 rings (SSSR count). The topological polar surface area (TPSA) is 69.6 Å². The molecular formula is C14H18ClNO3S. The van der Waals surface area contributed by atoms with Gasteiger partial charge in [0.25, 0.3) is 0 Å². The Hall–Kier alpha value is -0.910. The van der Waals surface area contributed by atoms with Gasteiger partial charge in [0.1, 0.15) is 11.8 Å². The van der Waals surface area contributed by atoms with Gasteiger partial charge in [-0.1, -0.05) is 31.4 Å². The molecule has 2 atom stereocenters. The molecule has 0 saturated carbocycles. The molecule has 1 aromatic rings. The third-order valence-electron chi connectivity index (χ3n) is 3.48. The number of thioether (sulfide) groups is 1. The molecule has 6 heteroatoms. The van der Waals surface area contributed by atoms with Crippen molar-refractivity contribution in [1.29, 1.82) is 0 Å². The highest BCUT2D eigenvalue weighted by Gasteiger charge is 2.44.